The van der Waals surface area contributed by atoms with Gasteiger partial charge >= 0.3 is 0 Å². The topological polar surface area (TPSA) is 41.5 Å². The second-order valence-corrected chi connectivity index (χ2v) is 5.67. The van der Waals surface area contributed by atoms with Gasteiger partial charge in [0.05, 0.1) is 19.3 Å². The predicted octanol–water partition coefficient (Wildman–Crippen LogP) is 3.44. The molecule has 1 aliphatic carbocycles. The molecule has 1 aliphatic rings. The van der Waals surface area contributed by atoms with E-state index in [1.54, 1.807) is 7.11 Å². The fourth-order valence-electron chi connectivity index (χ4n) is 3.14. The normalized spacial score (nSPS) is 27.0. The molecular formula is C16H25NO2. The lowest BCUT2D eigenvalue weighted by molar-refractivity contribution is 0.142. The van der Waals surface area contributed by atoms with Crippen LogP contribution in [0.1, 0.15) is 39.0 Å². The van der Waals surface area contributed by atoms with Crippen molar-refractivity contribution < 1.29 is 9.84 Å². The van der Waals surface area contributed by atoms with Crippen LogP contribution in [0.5, 0.6) is 5.75 Å². The Balaban J connectivity index is 2.12. The number of anilines is 1. The van der Waals surface area contributed by atoms with E-state index in [9.17, 15) is 5.11 Å². The standard InChI is InChI=1S/C16H25NO2/c1-3-13-6-5-9-16(11-13,12-18)17-14-7-4-8-15(10-14)19-2/h4,7-8,10,13,17-18H,3,5-6,9,11-12H2,1-2H3. The van der Waals surface area contributed by atoms with Crippen LogP contribution in [0.4, 0.5) is 5.69 Å². The minimum Gasteiger partial charge on any atom is -0.497 e. The van der Waals surface area contributed by atoms with Crippen LogP contribution in [0, 0.1) is 5.92 Å². The maximum absolute atomic E-state index is 9.85. The largest absolute Gasteiger partial charge is 0.497 e. The molecule has 19 heavy (non-hydrogen) atoms. The molecule has 1 aromatic rings. The molecule has 1 fully saturated rings. The molecular weight excluding hydrogens is 238 g/mol. The first kappa shape index (κ1) is 14.2. The van der Waals surface area contributed by atoms with E-state index in [-0.39, 0.29) is 12.1 Å². The molecule has 0 spiro atoms. The van der Waals surface area contributed by atoms with Gasteiger partial charge in [0.1, 0.15) is 5.75 Å². The van der Waals surface area contributed by atoms with Gasteiger partial charge in [-0.2, -0.15) is 0 Å². The van der Waals surface area contributed by atoms with Crippen LogP contribution in [-0.2, 0) is 0 Å². The minimum atomic E-state index is -0.161. The molecule has 106 valence electrons. The Bertz CT molecular complexity index is 407. The second-order valence-electron chi connectivity index (χ2n) is 5.67. The summed E-state index contributed by atoms with van der Waals surface area (Å²) in [6.07, 6.45) is 5.77. The van der Waals surface area contributed by atoms with Crippen LogP contribution in [0.25, 0.3) is 0 Å². The average molecular weight is 263 g/mol. The number of hydrogen-bond acceptors (Lipinski definition) is 3. The van der Waals surface area contributed by atoms with Crippen LogP contribution >= 0.6 is 0 Å². The van der Waals surface area contributed by atoms with E-state index in [1.807, 2.05) is 24.3 Å². The SMILES string of the molecule is CCC1CCCC(CO)(Nc2cccc(OC)c2)C1. The summed E-state index contributed by atoms with van der Waals surface area (Å²) in [6.45, 7) is 2.43. The van der Waals surface area contributed by atoms with Gasteiger partial charge < -0.3 is 15.2 Å². The first-order valence-electron chi connectivity index (χ1n) is 7.24. The highest BCUT2D eigenvalue weighted by Crippen LogP contribution is 2.36. The van der Waals surface area contributed by atoms with Crippen molar-refractivity contribution in [2.24, 2.45) is 5.92 Å². The Morgan fingerprint density at radius 2 is 2.32 bits per heavy atom. The second kappa shape index (κ2) is 6.29. The zero-order chi connectivity index (χ0) is 13.7. The van der Waals surface area contributed by atoms with E-state index in [0.29, 0.717) is 0 Å². The third-order valence-corrected chi connectivity index (χ3v) is 4.31. The summed E-state index contributed by atoms with van der Waals surface area (Å²) in [5.74, 6) is 1.57. The lowest BCUT2D eigenvalue weighted by Crippen LogP contribution is -2.46. The summed E-state index contributed by atoms with van der Waals surface area (Å²) < 4.78 is 5.25. The van der Waals surface area contributed by atoms with Gasteiger partial charge in [-0.15, -0.1) is 0 Å². The number of nitrogens with one attached hydrogen (secondary N) is 1. The highest BCUT2D eigenvalue weighted by atomic mass is 16.5. The number of hydrogen-bond donors (Lipinski definition) is 2. The molecule has 0 amide bonds. The van der Waals surface area contributed by atoms with Gasteiger partial charge in [0.25, 0.3) is 0 Å². The molecule has 3 nitrogen and oxygen atoms in total. The number of methoxy groups -OCH3 is 1. The van der Waals surface area contributed by atoms with Crippen molar-refractivity contribution in [2.45, 2.75) is 44.6 Å². The van der Waals surface area contributed by atoms with Crippen LogP contribution < -0.4 is 10.1 Å². The highest BCUT2D eigenvalue weighted by Gasteiger charge is 2.35. The quantitative estimate of drug-likeness (QED) is 0.855. The van der Waals surface area contributed by atoms with Gasteiger partial charge in [0.2, 0.25) is 0 Å². The molecule has 3 heteroatoms. The maximum atomic E-state index is 9.85. The summed E-state index contributed by atoms with van der Waals surface area (Å²) in [5, 5.41) is 13.4. The van der Waals surface area contributed by atoms with Crippen molar-refractivity contribution in [3.8, 4) is 5.75 Å². The van der Waals surface area contributed by atoms with Gasteiger partial charge in [0.15, 0.2) is 0 Å². The minimum absolute atomic E-state index is 0.161. The van der Waals surface area contributed by atoms with Crippen molar-refractivity contribution >= 4 is 5.69 Å². The van der Waals surface area contributed by atoms with Crippen LogP contribution in [0.3, 0.4) is 0 Å². The summed E-state index contributed by atoms with van der Waals surface area (Å²) in [6, 6.07) is 7.95. The van der Waals surface area contributed by atoms with E-state index in [4.69, 9.17) is 4.74 Å². The molecule has 0 radical (unpaired) electrons. The molecule has 0 saturated heterocycles. The Labute approximate surface area is 116 Å². The number of rotatable bonds is 5. The molecule has 2 unspecified atom stereocenters. The molecule has 2 N–H and O–H groups in total. The summed E-state index contributed by atoms with van der Waals surface area (Å²) in [4.78, 5) is 0. The lowest BCUT2D eigenvalue weighted by atomic mass is 9.75. The monoisotopic (exact) mass is 263 g/mol. The zero-order valence-electron chi connectivity index (χ0n) is 12.0. The number of ether oxygens (including phenoxy) is 1. The fourth-order valence-corrected chi connectivity index (χ4v) is 3.14. The molecule has 2 atom stereocenters. The Morgan fingerprint density at radius 1 is 1.47 bits per heavy atom. The Hall–Kier alpha value is -1.22. The third-order valence-electron chi connectivity index (χ3n) is 4.31. The Kier molecular flexibility index (Phi) is 4.70. The van der Waals surface area contributed by atoms with Crippen molar-refractivity contribution in [3.63, 3.8) is 0 Å². The first-order valence-corrected chi connectivity index (χ1v) is 7.24. The van der Waals surface area contributed by atoms with Crippen LogP contribution in [0.15, 0.2) is 24.3 Å². The molecule has 0 aliphatic heterocycles. The molecule has 1 saturated carbocycles. The molecule has 1 aromatic carbocycles. The summed E-state index contributed by atoms with van der Waals surface area (Å²) >= 11 is 0. The molecule has 0 aromatic heterocycles. The van der Waals surface area contributed by atoms with Gasteiger partial charge in [-0.1, -0.05) is 32.3 Å². The number of aliphatic hydroxyl groups is 1. The van der Waals surface area contributed by atoms with Gasteiger partial charge in [-0.05, 0) is 30.9 Å². The molecule has 0 bridgehead atoms. The van der Waals surface area contributed by atoms with Gasteiger partial charge in [0, 0.05) is 11.8 Å². The summed E-state index contributed by atoms with van der Waals surface area (Å²) in [5.41, 5.74) is 0.871. The number of benzene rings is 1. The maximum Gasteiger partial charge on any atom is 0.120 e. The van der Waals surface area contributed by atoms with Crippen molar-refractivity contribution in [3.05, 3.63) is 24.3 Å². The van der Waals surface area contributed by atoms with Crippen LogP contribution in [0.2, 0.25) is 0 Å². The first-order chi connectivity index (χ1) is 9.21. The average Bonchev–Trinajstić information content (AvgIpc) is 2.47. The predicted molar refractivity (Wildman–Crippen MR) is 78.7 cm³/mol. The third kappa shape index (κ3) is 3.41. The van der Waals surface area contributed by atoms with Crippen molar-refractivity contribution in [2.75, 3.05) is 19.0 Å². The molecule has 0 heterocycles. The van der Waals surface area contributed by atoms with Crippen LogP contribution in [-0.4, -0.2) is 24.4 Å². The Morgan fingerprint density at radius 3 is 3.00 bits per heavy atom. The smallest absolute Gasteiger partial charge is 0.120 e. The van der Waals surface area contributed by atoms with Gasteiger partial charge in [-0.25, -0.2) is 0 Å². The highest BCUT2D eigenvalue weighted by molar-refractivity contribution is 5.50. The lowest BCUT2D eigenvalue weighted by Gasteiger charge is -2.41. The van der Waals surface area contributed by atoms with E-state index in [0.717, 1.165) is 30.2 Å². The summed E-state index contributed by atoms with van der Waals surface area (Å²) in [7, 11) is 1.68. The number of aliphatic hydroxyl groups excluding tert-OH is 1. The zero-order valence-corrected chi connectivity index (χ0v) is 12.0. The molecule has 2 rings (SSSR count). The van der Waals surface area contributed by atoms with E-state index in [1.165, 1.54) is 19.3 Å². The van der Waals surface area contributed by atoms with E-state index >= 15 is 0 Å². The van der Waals surface area contributed by atoms with E-state index in [2.05, 4.69) is 12.2 Å². The fraction of sp³-hybridized carbons (Fsp3) is 0.625. The van der Waals surface area contributed by atoms with Gasteiger partial charge in [-0.3, -0.25) is 0 Å². The van der Waals surface area contributed by atoms with Crippen molar-refractivity contribution in [1.82, 2.24) is 0 Å². The van der Waals surface area contributed by atoms with Crippen molar-refractivity contribution in [1.29, 1.82) is 0 Å². The van der Waals surface area contributed by atoms with E-state index < -0.39 is 0 Å².